The molecule has 140 valence electrons. The molecule has 5 heteroatoms. The highest BCUT2D eigenvalue weighted by molar-refractivity contribution is 5.90. The summed E-state index contributed by atoms with van der Waals surface area (Å²) in [5, 5.41) is 0. The van der Waals surface area contributed by atoms with Gasteiger partial charge in [-0.3, -0.25) is 9.59 Å². The van der Waals surface area contributed by atoms with E-state index >= 15 is 0 Å². The molecule has 0 bridgehead atoms. The predicted molar refractivity (Wildman–Crippen MR) is 99.9 cm³/mol. The first kappa shape index (κ1) is 19.9. The number of carbonyl (C=O) groups is 3. The first-order chi connectivity index (χ1) is 12.5. The average molecular weight is 357 g/mol. The number of ether oxygens (including phenoxy) is 1. The molecule has 2 rings (SSSR count). The van der Waals surface area contributed by atoms with Crippen LogP contribution in [-0.2, 0) is 20.7 Å². The Morgan fingerprint density at radius 1 is 1.27 bits per heavy atom. The number of hydrogen-bond donors (Lipinski definition) is 0. The average Bonchev–Trinajstić information content (AvgIpc) is 3.02. The van der Waals surface area contributed by atoms with Crippen molar-refractivity contribution < 1.29 is 19.1 Å². The highest BCUT2D eigenvalue weighted by Gasteiger charge is 2.28. The third-order valence-corrected chi connectivity index (χ3v) is 4.67. The van der Waals surface area contributed by atoms with E-state index in [2.05, 4.69) is 11.7 Å². The van der Waals surface area contributed by atoms with Crippen molar-refractivity contribution in [3.8, 4) is 0 Å². The van der Waals surface area contributed by atoms with Crippen molar-refractivity contribution in [2.75, 3.05) is 13.7 Å². The summed E-state index contributed by atoms with van der Waals surface area (Å²) < 4.78 is 4.69. The number of carbonyl (C=O) groups excluding carboxylic acids is 3. The fraction of sp³-hybridized carbons (Fsp3) is 0.476. The number of unbranched alkanes of at least 4 members (excludes halogenated alkanes) is 1. The summed E-state index contributed by atoms with van der Waals surface area (Å²) in [5.74, 6) is -0.0967. The van der Waals surface area contributed by atoms with Crippen LogP contribution in [0.15, 0.2) is 36.4 Å². The Morgan fingerprint density at radius 3 is 2.65 bits per heavy atom. The molecule has 0 radical (unpaired) electrons. The van der Waals surface area contributed by atoms with Crippen LogP contribution in [0.4, 0.5) is 0 Å². The van der Waals surface area contributed by atoms with Gasteiger partial charge in [-0.25, -0.2) is 4.79 Å². The standard InChI is InChI=1S/C21H27NO4/c1-3-4-5-19(23)12-10-18-11-13-20(24)22(18)15-14-16-6-8-17(9-7-16)21(25)26-2/h6-10,12,18H,3-5,11,13-15H2,1-2H3/t18-/m0/s1. The van der Waals surface area contributed by atoms with Crippen molar-refractivity contribution in [1.29, 1.82) is 0 Å². The van der Waals surface area contributed by atoms with Crippen molar-refractivity contribution in [2.24, 2.45) is 0 Å². The highest BCUT2D eigenvalue weighted by atomic mass is 16.5. The van der Waals surface area contributed by atoms with Crippen LogP contribution in [0.1, 0.15) is 54.9 Å². The monoisotopic (exact) mass is 357 g/mol. The number of esters is 1. The van der Waals surface area contributed by atoms with Crippen molar-refractivity contribution in [1.82, 2.24) is 4.90 Å². The molecule has 1 aliphatic heterocycles. The number of benzene rings is 1. The first-order valence-corrected chi connectivity index (χ1v) is 9.23. The van der Waals surface area contributed by atoms with Crippen LogP contribution in [0.5, 0.6) is 0 Å². The van der Waals surface area contributed by atoms with Gasteiger partial charge in [0.25, 0.3) is 0 Å². The van der Waals surface area contributed by atoms with Crippen molar-refractivity contribution in [3.05, 3.63) is 47.5 Å². The van der Waals surface area contributed by atoms with Crippen molar-refractivity contribution >= 4 is 17.7 Å². The SMILES string of the molecule is CCCCC(=O)C=C[C@H]1CCC(=O)N1CCc1ccc(C(=O)OC)cc1. The molecule has 0 saturated carbocycles. The zero-order valence-corrected chi connectivity index (χ0v) is 15.6. The summed E-state index contributed by atoms with van der Waals surface area (Å²) >= 11 is 0. The second-order valence-corrected chi connectivity index (χ2v) is 6.56. The fourth-order valence-corrected chi connectivity index (χ4v) is 3.07. The quantitative estimate of drug-likeness (QED) is 0.502. The zero-order chi connectivity index (χ0) is 18.9. The Balaban J connectivity index is 1.91. The van der Waals surface area contributed by atoms with Gasteiger partial charge in [0.1, 0.15) is 0 Å². The van der Waals surface area contributed by atoms with Crippen LogP contribution in [0.3, 0.4) is 0 Å². The normalized spacial score (nSPS) is 17.1. The van der Waals surface area contributed by atoms with Crippen molar-refractivity contribution in [3.63, 3.8) is 0 Å². The number of likely N-dealkylation sites (tertiary alicyclic amines) is 1. The third kappa shape index (κ3) is 5.55. The molecule has 1 saturated heterocycles. The second-order valence-electron chi connectivity index (χ2n) is 6.56. The maximum Gasteiger partial charge on any atom is 0.337 e. The second kappa shape index (κ2) is 9.90. The molecule has 1 aliphatic rings. The highest BCUT2D eigenvalue weighted by Crippen LogP contribution is 2.20. The molecule has 0 aromatic heterocycles. The van der Waals surface area contributed by atoms with Gasteiger partial charge in [0, 0.05) is 19.4 Å². The van der Waals surface area contributed by atoms with Crippen LogP contribution >= 0.6 is 0 Å². The van der Waals surface area contributed by atoms with Crippen LogP contribution < -0.4 is 0 Å². The van der Waals surface area contributed by atoms with Gasteiger partial charge in [-0.1, -0.05) is 31.6 Å². The van der Waals surface area contributed by atoms with Crippen LogP contribution in [0.2, 0.25) is 0 Å². The Hall–Kier alpha value is -2.43. The Morgan fingerprint density at radius 2 is 2.00 bits per heavy atom. The number of amides is 1. The molecule has 0 aliphatic carbocycles. The molecule has 26 heavy (non-hydrogen) atoms. The molecule has 1 heterocycles. The Labute approximate surface area is 155 Å². The molecule has 5 nitrogen and oxygen atoms in total. The summed E-state index contributed by atoms with van der Waals surface area (Å²) in [5.41, 5.74) is 1.57. The summed E-state index contributed by atoms with van der Waals surface area (Å²) in [6.45, 7) is 2.67. The zero-order valence-electron chi connectivity index (χ0n) is 15.6. The van der Waals surface area contributed by atoms with Gasteiger partial charge in [0.2, 0.25) is 5.91 Å². The number of nitrogens with zero attached hydrogens (tertiary/aromatic N) is 1. The maximum absolute atomic E-state index is 12.2. The molecule has 1 atom stereocenters. The van der Waals surface area contributed by atoms with Gasteiger partial charge >= 0.3 is 5.97 Å². The van der Waals surface area contributed by atoms with Crippen LogP contribution in [-0.4, -0.2) is 42.3 Å². The number of rotatable bonds is 9. The maximum atomic E-state index is 12.2. The molecular formula is C21H27NO4. The predicted octanol–water partition coefficient (Wildman–Crippen LogP) is 3.32. The van der Waals surface area contributed by atoms with E-state index in [1.165, 1.54) is 7.11 Å². The van der Waals surface area contributed by atoms with Gasteiger partial charge < -0.3 is 9.64 Å². The lowest BCUT2D eigenvalue weighted by molar-refractivity contribution is -0.128. The largest absolute Gasteiger partial charge is 0.465 e. The van der Waals surface area contributed by atoms with E-state index in [4.69, 9.17) is 0 Å². The van der Waals surface area contributed by atoms with Gasteiger partial charge in [0.05, 0.1) is 18.7 Å². The van der Waals surface area contributed by atoms with E-state index < -0.39 is 0 Å². The number of allylic oxidation sites excluding steroid dienone is 1. The van der Waals surface area contributed by atoms with E-state index in [0.29, 0.717) is 31.4 Å². The minimum Gasteiger partial charge on any atom is -0.465 e. The summed E-state index contributed by atoms with van der Waals surface area (Å²) in [7, 11) is 1.36. The lowest BCUT2D eigenvalue weighted by Crippen LogP contribution is -2.33. The summed E-state index contributed by atoms with van der Waals surface area (Å²) in [4.78, 5) is 37.3. The summed E-state index contributed by atoms with van der Waals surface area (Å²) in [6, 6.07) is 7.23. The van der Waals surface area contributed by atoms with Gasteiger partial charge in [-0.15, -0.1) is 0 Å². The molecule has 1 aromatic rings. The van der Waals surface area contributed by atoms with Crippen molar-refractivity contribution in [2.45, 2.75) is 51.5 Å². The first-order valence-electron chi connectivity index (χ1n) is 9.23. The van der Waals surface area contributed by atoms with E-state index in [9.17, 15) is 14.4 Å². The number of ketones is 1. The smallest absolute Gasteiger partial charge is 0.337 e. The van der Waals surface area contributed by atoms with Gasteiger partial charge in [-0.2, -0.15) is 0 Å². The summed E-state index contributed by atoms with van der Waals surface area (Å²) in [6.07, 6.45) is 7.99. The third-order valence-electron chi connectivity index (χ3n) is 4.67. The van der Waals surface area contributed by atoms with Gasteiger partial charge in [0.15, 0.2) is 5.78 Å². The molecule has 0 unspecified atom stereocenters. The van der Waals surface area contributed by atoms with Crippen LogP contribution in [0, 0.1) is 0 Å². The number of hydrogen-bond acceptors (Lipinski definition) is 4. The number of methoxy groups -OCH3 is 1. The molecule has 1 aromatic carbocycles. The van der Waals surface area contributed by atoms with E-state index in [1.54, 1.807) is 18.2 Å². The Bertz CT molecular complexity index is 663. The lowest BCUT2D eigenvalue weighted by atomic mass is 10.1. The van der Waals surface area contributed by atoms with Crippen LogP contribution in [0.25, 0.3) is 0 Å². The van der Waals surface area contributed by atoms with Gasteiger partial charge in [-0.05, 0) is 43.0 Å². The van der Waals surface area contributed by atoms with E-state index in [-0.39, 0.29) is 23.7 Å². The Kier molecular flexibility index (Phi) is 7.57. The fourth-order valence-electron chi connectivity index (χ4n) is 3.07. The van der Waals surface area contributed by atoms with E-state index in [0.717, 1.165) is 24.8 Å². The molecule has 1 fully saturated rings. The molecule has 0 spiro atoms. The molecule has 1 amide bonds. The lowest BCUT2D eigenvalue weighted by Gasteiger charge is -2.22. The topological polar surface area (TPSA) is 63.7 Å². The molecular weight excluding hydrogens is 330 g/mol. The molecule has 0 N–H and O–H groups in total. The minimum atomic E-state index is -0.357. The van der Waals surface area contributed by atoms with E-state index in [1.807, 2.05) is 23.1 Å². The minimum absolute atomic E-state index is 0.00224.